The Labute approximate surface area is 185 Å². The Kier molecular flexibility index (Phi) is 5.13. The number of rotatable bonds is 4. The van der Waals surface area contributed by atoms with Crippen molar-refractivity contribution in [2.75, 3.05) is 44.8 Å². The molecule has 0 amide bonds. The van der Waals surface area contributed by atoms with Crippen molar-refractivity contribution in [3.8, 4) is 11.5 Å². The molecule has 1 aromatic carbocycles. The molecule has 4 heterocycles. The third-order valence-corrected chi connectivity index (χ3v) is 7.32. The molecule has 0 spiro atoms. The maximum atomic E-state index is 5.77. The van der Waals surface area contributed by atoms with Crippen molar-refractivity contribution in [2.45, 2.75) is 32.2 Å². The molecule has 1 N–H and O–H groups in total. The van der Waals surface area contributed by atoms with E-state index in [9.17, 15) is 0 Å². The second kappa shape index (κ2) is 8.26. The van der Waals surface area contributed by atoms with E-state index in [1.165, 1.54) is 28.7 Å². The minimum Gasteiger partial charge on any atom is -0.486 e. The molecule has 31 heavy (non-hydrogen) atoms. The predicted octanol–water partition coefficient (Wildman–Crippen LogP) is 3.92. The van der Waals surface area contributed by atoms with Crippen LogP contribution in [0, 0.1) is 0 Å². The van der Waals surface area contributed by atoms with Gasteiger partial charge < -0.3 is 19.5 Å². The van der Waals surface area contributed by atoms with E-state index < -0.39 is 0 Å². The fraction of sp³-hybridized carbons (Fsp3) is 0.478. The van der Waals surface area contributed by atoms with Crippen LogP contribution >= 0.6 is 11.3 Å². The van der Waals surface area contributed by atoms with Gasteiger partial charge in [-0.15, -0.1) is 11.3 Å². The van der Waals surface area contributed by atoms with Crippen molar-refractivity contribution in [1.29, 1.82) is 0 Å². The summed E-state index contributed by atoms with van der Waals surface area (Å²) in [6.45, 7) is 5.32. The van der Waals surface area contributed by atoms with Crippen molar-refractivity contribution in [1.82, 2.24) is 14.9 Å². The highest BCUT2D eigenvalue weighted by Gasteiger charge is 2.23. The molecule has 0 atom stereocenters. The van der Waals surface area contributed by atoms with E-state index in [0.29, 0.717) is 13.2 Å². The van der Waals surface area contributed by atoms with E-state index >= 15 is 0 Å². The van der Waals surface area contributed by atoms with E-state index in [4.69, 9.17) is 24.2 Å². The number of aromatic nitrogens is 2. The zero-order valence-corrected chi connectivity index (χ0v) is 18.3. The van der Waals surface area contributed by atoms with Crippen LogP contribution in [0.4, 0.5) is 11.5 Å². The molecule has 8 heteroatoms. The van der Waals surface area contributed by atoms with E-state index in [-0.39, 0.29) is 0 Å². The molecule has 1 saturated heterocycles. The lowest BCUT2D eigenvalue weighted by atomic mass is 9.97. The summed E-state index contributed by atoms with van der Waals surface area (Å²) in [4.78, 5) is 14.9. The predicted molar refractivity (Wildman–Crippen MR) is 121 cm³/mol. The summed E-state index contributed by atoms with van der Waals surface area (Å²) >= 11 is 1.84. The van der Waals surface area contributed by atoms with Gasteiger partial charge in [0, 0.05) is 29.7 Å². The monoisotopic (exact) mass is 438 g/mol. The highest BCUT2D eigenvalue weighted by atomic mass is 32.1. The van der Waals surface area contributed by atoms with Crippen molar-refractivity contribution < 1.29 is 14.2 Å². The summed E-state index contributed by atoms with van der Waals surface area (Å²) in [5.74, 6) is 3.35. The maximum Gasteiger partial charge on any atom is 0.163 e. The zero-order chi connectivity index (χ0) is 20.6. The molecular weight excluding hydrogens is 412 g/mol. The number of aryl methyl sites for hydroxylation is 2. The second-order valence-corrected chi connectivity index (χ2v) is 9.34. The molecule has 3 aromatic rings. The molecule has 0 bridgehead atoms. The molecule has 6 rings (SSSR count). The minimum absolute atomic E-state index is 0.579. The second-order valence-electron chi connectivity index (χ2n) is 8.25. The van der Waals surface area contributed by atoms with Crippen LogP contribution < -0.4 is 14.8 Å². The summed E-state index contributed by atoms with van der Waals surface area (Å²) < 4.78 is 16.9. The van der Waals surface area contributed by atoms with Crippen LogP contribution in [0.5, 0.6) is 11.5 Å². The molecular formula is C23H26N4O3S. The van der Waals surface area contributed by atoms with E-state index in [0.717, 1.165) is 79.3 Å². The highest BCUT2D eigenvalue weighted by molar-refractivity contribution is 7.19. The van der Waals surface area contributed by atoms with Crippen LogP contribution in [-0.2, 0) is 24.1 Å². The number of ether oxygens (including phenoxy) is 3. The third kappa shape index (κ3) is 3.84. The zero-order valence-electron chi connectivity index (χ0n) is 17.5. The first-order valence-electron chi connectivity index (χ1n) is 11.1. The number of nitrogens with zero attached hydrogens (tertiary/aromatic N) is 3. The van der Waals surface area contributed by atoms with Gasteiger partial charge in [0.15, 0.2) is 11.5 Å². The molecule has 0 radical (unpaired) electrons. The molecule has 2 aromatic heterocycles. The normalized spacial score (nSPS) is 18.7. The van der Waals surface area contributed by atoms with E-state index in [2.05, 4.69) is 10.2 Å². The van der Waals surface area contributed by atoms with Crippen LogP contribution in [0.25, 0.3) is 10.2 Å². The first-order chi connectivity index (χ1) is 15.3. The van der Waals surface area contributed by atoms with Gasteiger partial charge in [0.05, 0.1) is 25.1 Å². The van der Waals surface area contributed by atoms with Crippen LogP contribution in [-0.4, -0.2) is 54.4 Å². The number of hydrogen-bond acceptors (Lipinski definition) is 8. The Balaban J connectivity index is 1.39. The van der Waals surface area contributed by atoms with Gasteiger partial charge >= 0.3 is 0 Å². The van der Waals surface area contributed by atoms with Gasteiger partial charge in [-0.05, 0) is 43.4 Å². The van der Waals surface area contributed by atoms with Crippen LogP contribution in [0.3, 0.4) is 0 Å². The van der Waals surface area contributed by atoms with E-state index in [1.807, 2.05) is 29.5 Å². The number of nitrogens with one attached hydrogen (secondary N) is 1. The Morgan fingerprint density at radius 1 is 0.968 bits per heavy atom. The Hall–Kier alpha value is -2.42. The molecule has 3 aliphatic rings. The molecule has 162 valence electrons. The lowest BCUT2D eigenvalue weighted by molar-refractivity contribution is 0.0331. The molecule has 2 aliphatic heterocycles. The molecule has 1 fully saturated rings. The summed E-state index contributed by atoms with van der Waals surface area (Å²) in [6, 6.07) is 6.00. The lowest BCUT2D eigenvalue weighted by Crippen LogP contribution is -2.36. The Morgan fingerprint density at radius 3 is 2.71 bits per heavy atom. The van der Waals surface area contributed by atoms with Crippen LogP contribution in [0.1, 0.15) is 29.1 Å². The Bertz CT molecular complexity index is 1110. The standard InChI is InChI=1S/C23H26N4O3S/c1-2-4-19-16(3-1)21-22(24-15-5-6-17-18(13-15)30-12-11-29-17)25-20(26-23(21)31-19)14-27-7-9-28-10-8-27/h5-6,13H,1-4,7-12,14H2,(H,24,25,26). The Morgan fingerprint density at radius 2 is 1.81 bits per heavy atom. The largest absolute Gasteiger partial charge is 0.486 e. The van der Waals surface area contributed by atoms with Crippen molar-refractivity contribution >= 4 is 33.1 Å². The van der Waals surface area contributed by atoms with Gasteiger partial charge in [0.1, 0.15) is 29.7 Å². The van der Waals surface area contributed by atoms with E-state index in [1.54, 1.807) is 0 Å². The number of anilines is 2. The van der Waals surface area contributed by atoms with Gasteiger partial charge in [0.25, 0.3) is 0 Å². The first kappa shape index (κ1) is 19.3. The molecule has 7 nitrogen and oxygen atoms in total. The summed E-state index contributed by atoms with van der Waals surface area (Å²) in [5.41, 5.74) is 2.39. The van der Waals surface area contributed by atoms with Gasteiger partial charge in [0.2, 0.25) is 0 Å². The fourth-order valence-electron chi connectivity index (χ4n) is 4.58. The smallest absolute Gasteiger partial charge is 0.163 e. The van der Waals surface area contributed by atoms with Gasteiger partial charge in [-0.2, -0.15) is 0 Å². The SMILES string of the molecule is c1cc2c(cc1Nc1nc(CN3CCOCC3)nc3sc4c(c13)CCCC4)OCCO2. The van der Waals surface area contributed by atoms with Crippen molar-refractivity contribution in [3.05, 3.63) is 34.5 Å². The number of fused-ring (bicyclic) bond motifs is 4. The van der Waals surface area contributed by atoms with Crippen LogP contribution in [0.15, 0.2) is 18.2 Å². The summed E-state index contributed by atoms with van der Waals surface area (Å²) in [5, 5.41) is 4.78. The quantitative estimate of drug-likeness (QED) is 0.662. The minimum atomic E-state index is 0.579. The maximum absolute atomic E-state index is 5.77. The number of morpholine rings is 1. The lowest BCUT2D eigenvalue weighted by Gasteiger charge is -2.26. The number of thiophene rings is 1. The van der Waals surface area contributed by atoms with Gasteiger partial charge in [-0.25, -0.2) is 9.97 Å². The average molecular weight is 439 g/mol. The summed E-state index contributed by atoms with van der Waals surface area (Å²) in [6.07, 6.45) is 4.76. The fourth-order valence-corrected chi connectivity index (χ4v) is 5.86. The van der Waals surface area contributed by atoms with Gasteiger partial charge in [-0.3, -0.25) is 4.90 Å². The molecule has 1 aliphatic carbocycles. The third-order valence-electron chi connectivity index (χ3n) is 6.13. The first-order valence-corrected chi connectivity index (χ1v) is 11.9. The van der Waals surface area contributed by atoms with Crippen molar-refractivity contribution in [2.24, 2.45) is 0 Å². The van der Waals surface area contributed by atoms with Gasteiger partial charge in [-0.1, -0.05) is 0 Å². The highest BCUT2D eigenvalue weighted by Crippen LogP contribution is 2.40. The molecule has 0 unspecified atom stereocenters. The van der Waals surface area contributed by atoms with Crippen molar-refractivity contribution in [3.63, 3.8) is 0 Å². The molecule has 0 saturated carbocycles. The number of hydrogen-bond donors (Lipinski definition) is 1. The summed E-state index contributed by atoms with van der Waals surface area (Å²) in [7, 11) is 0. The average Bonchev–Trinajstić information content (AvgIpc) is 3.18. The topological polar surface area (TPSA) is 68.7 Å². The number of benzene rings is 1. The van der Waals surface area contributed by atoms with Crippen LogP contribution in [0.2, 0.25) is 0 Å².